The number of fused-ring (bicyclic) bond motifs is 2. The Hall–Kier alpha value is -4.30. The van der Waals surface area contributed by atoms with Crippen molar-refractivity contribution in [1.82, 2.24) is 20.5 Å². The van der Waals surface area contributed by atoms with E-state index in [0.717, 1.165) is 4.70 Å². The molecule has 0 bridgehead atoms. The lowest BCUT2D eigenvalue weighted by Crippen LogP contribution is -2.52. The number of nitrogens with zero attached hydrogens (tertiary/aromatic N) is 3. The van der Waals surface area contributed by atoms with Crippen LogP contribution in [0.3, 0.4) is 0 Å². The normalized spacial score (nSPS) is 17.5. The van der Waals surface area contributed by atoms with Gasteiger partial charge in [0.2, 0.25) is 11.8 Å². The molecule has 0 saturated carbocycles. The van der Waals surface area contributed by atoms with Gasteiger partial charge in [0.1, 0.15) is 11.0 Å². The number of hydrogen-bond acceptors (Lipinski definition) is 7. The van der Waals surface area contributed by atoms with Gasteiger partial charge in [-0.1, -0.05) is 0 Å². The highest BCUT2D eigenvalue weighted by molar-refractivity contribution is 7.18. The van der Waals surface area contributed by atoms with Crippen LogP contribution < -0.4 is 16.0 Å². The number of piperidine rings is 1. The third-order valence-electron chi connectivity index (χ3n) is 6.26. The van der Waals surface area contributed by atoms with Crippen LogP contribution in [0.5, 0.6) is 0 Å². The first kappa shape index (κ1) is 23.4. The predicted molar refractivity (Wildman–Crippen MR) is 132 cm³/mol. The molecule has 3 heterocycles. The Morgan fingerprint density at radius 2 is 2.03 bits per heavy atom. The van der Waals surface area contributed by atoms with Gasteiger partial charge in [-0.25, -0.2) is 9.78 Å². The molecule has 0 spiro atoms. The fourth-order valence-electron chi connectivity index (χ4n) is 4.42. The van der Waals surface area contributed by atoms with Crippen LogP contribution in [0.2, 0.25) is 0 Å². The van der Waals surface area contributed by atoms with Gasteiger partial charge in [0.05, 0.1) is 27.4 Å². The average Bonchev–Trinajstić information content (AvgIpc) is 3.40. The number of hydrogen-bond donors (Lipinski definition) is 3. The van der Waals surface area contributed by atoms with E-state index in [0.29, 0.717) is 32.9 Å². The monoisotopic (exact) mass is 502 g/mol. The van der Waals surface area contributed by atoms with Gasteiger partial charge in [0, 0.05) is 24.2 Å². The van der Waals surface area contributed by atoms with E-state index >= 15 is 0 Å². The number of nitrogens with one attached hydrogen (secondary N) is 3. The number of anilines is 1. The molecule has 11 heteroatoms. The smallest absolute Gasteiger partial charge is 0.319 e. The minimum atomic E-state index is -0.782. The fourth-order valence-corrected chi connectivity index (χ4v) is 5.42. The second-order valence-electron chi connectivity index (χ2n) is 9.29. The first-order chi connectivity index (χ1) is 17.1. The molecular formula is C25H22N6O4S. The molecule has 1 atom stereocenters. The fraction of sp³-hybridized carbons (Fsp3) is 0.280. The van der Waals surface area contributed by atoms with E-state index in [2.05, 4.69) is 27.0 Å². The van der Waals surface area contributed by atoms with Crippen molar-refractivity contribution in [2.75, 3.05) is 5.32 Å². The van der Waals surface area contributed by atoms with E-state index in [4.69, 9.17) is 5.26 Å². The minimum Gasteiger partial charge on any atom is -0.326 e. The van der Waals surface area contributed by atoms with Gasteiger partial charge < -0.3 is 15.5 Å². The molecule has 0 aliphatic carbocycles. The summed E-state index contributed by atoms with van der Waals surface area (Å²) in [6.07, 6.45) is 0.476. The summed E-state index contributed by atoms with van der Waals surface area (Å²) in [4.78, 5) is 55.4. The Bertz CT molecular complexity index is 1490. The van der Waals surface area contributed by atoms with Crippen molar-refractivity contribution in [3.05, 3.63) is 58.1 Å². The van der Waals surface area contributed by atoms with Gasteiger partial charge in [0.25, 0.3) is 5.91 Å². The summed E-state index contributed by atoms with van der Waals surface area (Å²) in [5.41, 5.74) is 2.11. The van der Waals surface area contributed by atoms with Crippen LogP contribution in [0.4, 0.5) is 10.5 Å². The molecule has 2 aliphatic heterocycles. The zero-order valence-electron chi connectivity index (χ0n) is 19.5. The first-order valence-electron chi connectivity index (χ1n) is 11.3. The Labute approximate surface area is 210 Å². The van der Waals surface area contributed by atoms with Gasteiger partial charge in [-0.15, -0.1) is 11.3 Å². The lowest BCUT2D eigenvalue weighted by atomic mass is 10.0. The van der Waals surface area contributed by atoms with Crippen LogP contribution in [-0.4, -0.2) is 39.7 Å². The molecule has 1 saturated heterocycles. The topological polar surface area (TPSA) is 144 Å². The maximum absolute atomic E-state index is 12.9. The Morgan fingerprint density at radius 1 is 1.22 bits per heavy atom. The van der Waals surface area contributed by atoms with E-state index < -0.39 is 23.5 Å². The minimum absolute atomic E-state index is 0.188. The molecule has 36 heavy (non-hydrogen) atoms. The SMILES string of the molecule is CC(C)(NC(=O)Nc1ccc2c(c1)CN(C1CCC(=O)NC1=O)C2=O)c1nc2cc(C#N)ccc2s1. The second kappa shape index (κ2) is 8.73. The number of rotatable bonds is 4. The third kappa shape index (κ3) is 4.27. The van der Waals surface area contributed by atoms with E-state index in [9.17, 15) is 19.2 Å². The zero-order chi connectivity index (χ0) is 25.6. The number of aromatic nitrogens is 1. The molecule has 5 amide bonds. The summed E-state index contributed by atoms with van der Waals surface area (Å²) >= 11 is 1.44. The number of amides is 5. The molecular weight excluding hydrogens is 480 g/mol. The molecule has 1 unspecified atom stereocenters. The Morgan fingerprint density at radius 3 is 2.78 bits per heavy atom. The Kier molecular flexibility index (Phi) is 5.68. The van der Waals surface area contributed by atoms with Gasteiger partial charge in [-0.3, -0.25) is 19.7 Å². The van der Waals surface area contributed by atoms with Crippen LogP contribution in [-0.2, 0) is 21.7 Å². The van der Waals surface area contributed by atoms with E-state index in [-0.39, 0.29) is 31.2 Å². The zero-order valence-corrected chi connectivity index (χ0v) is 20.4. The quantitative estimate of drug-likeness (QED) is 0.468. The molecule has 3 N–H and O–H groups in total. The maximum atomic E-state index is 12.9. The molecule has 10 nitrogen and oxygen atoms in total. The van der Waals surface area contributed by atoms with Gasteiger partial charge in [-0.2, -0.15) is 5.26 Å². The lowest BCUT2D eigenvalue weighted by Gasteiger charge is -2.29. The largest absolute Gasteiger partial charge is 0.326 e. The van der Waals surface area contributed by atoms with Crippen LogP contribution in [0.1, 0.15) is 53.2 Å². The second-order valence-corrected chi connectivity index (χ2v) is 10.3. The van der Waals surface area contributed by atoms with Crippen LogP contribution in [0, 0.1) is 11.3 Å². The molecule has 3 aromatic rings. The first-order valence-corrected chi connectivity index (χ1v) is 12.1. The highest BCUT2D eigenvalue weighted by Crippen LogP contribution is 2.32. The molecule has 1 aromatic heterocycles. The summed E-state index contributed by atoms with van der Waals surface area (Å²) in [5, 5.41) is 17.8. The number of carbonyl (C=O) groups excluding carboxylic acids is 4. The van der Waals surface area contributed by atoms with E-state index in [1.54, 1.807) is 30.3 Å². The number of benzene rings is 2. The molecule has 2 aromatic carbocycles. The highest BCUT2D eigenvalue weighted by atomic mass is 32.1. The lowest BCUT2D eigenvalue weighted by molar-refractivity contribution is -0.136. The molecule has 0 radical (unpaired) electrons. The summed E-state index contributed by atoms with van der Waals surface area (Å²) < 4.78 is 0.920. The van der Waals surface area contributed by atoms with Crippen molar-refractivity contribution < 1.29 is 19.2 Å². The van der Waals surface area contributed by atoms with E-state index in [1.807, 2.05) is 19.9 Å². The molecule has 2 aliphatic rings. The molecule has 5 rings (SSSR count). The maximum Gasteiger partial charge on any atom is 0.319 e. The predicted octanol–water partition coefficient (Wildman–Crippen LogP) is 2.99. The summed E-state index contributed by atoms with van der Waals surface area (Å²) in [5.74, 6) is -1.07. The third-order valence-corrected chi connectivity index (χ3v) is 7.62. The number of thiazole rings is 1. The van der Waals surface area contributed by atoms with E-state index in [1.165, 1.54) is 16.2 Å². The van der Waals surface area contributed by atoms with Crippen LogP contribution >= 0.6 is 11.3 Å². The van der Waals surface area contributed by atoms with Crippen LogP contribution in [0.25, 0.3) is 10.2 Å². The summed E-state index contributed by atoms with van der Waals surface area (Å²) in [7, 11) is 0. The van der Waals surface area contributed by atoms with Crippen molar-refractivity contribution in [1.29, 1.82) is 5.26 Å². The van der Waals surface area contributed by atoms with Crippen molar-refractivity contribution in [2.45, 2.75) is 44.8 Å². The standard InChI is InChI=1S/C25H22N6O4S/c1-25(2,23-28-17-9-13(11-26)3-7-19(17)36-23)30-24(35)27-15-4-5-16-14(10-15)12-31(22(16)34)18-6-8-20(32)29-21(18)33/h3-5,7,9-10,18H,6,8,12H2,1-2H3,(H2,27,30,35)(H,29,32,33). The molecule has 1 fully saturated rings. The van der Waals surface area contributed by atoms with Crippen molar-refractivity contribution >= 4 is 51.0 Å². The van der Waals surface area contributed by atoms with Gasteiger partial charge in [0.15, 0.2) is 0 Å². The summed E-state index contributed by atoms with van der Waals surface area (Å²) in [6.45, 7) is 3.91. The molecule has 182 valence electrons. The summed E-state index contributed by atoms with van der Waals surface area (Å²) in [6, 6.07) is 11.2. The highest BCUT2D eigenvalue weighted by Gasteiger charge is 2.39. The number of urea groups is 1. The van der Waals surface area contributed by atoms with Gasteiger partial charge >= 0.3 is 6.03 Å². The average molecular weight is 503 g/mol. The number of imide groups is 1. The number of carbonyl (C=O) groups is 4. The van der Waals surface area contributed by atoms with Crippen molar-refractivity contribution in [2.24, 2.45) is 0 Å². The number of nitriles is 1. The van der Waals surface area contributed by atoms with Gasteiger partial charge in [-0.05, 0) is 62.2 Å². The van der Waals surface area contributed by atoms with Crippen molar-refractivity contribution in [3.63, 3.8) is 0 Å². The van der Waals surface area contributed by atoms with Crippen molar-refractivity contribution in [3.8, 4) is 6.07 Å². The van der Waals surface area contributed by atoms with Crippen LogP contribution in [0.15, 0.2) is 36.4 Å². The Balaban J connectivity index is 1.27.